The van der Waals surface area contributed by atoms with E-state index in [-0.39, 0.29) is 5.91 Å². The zero-order valence-electron chi connectivity index (χ0n) is 6.85. The van der Waals surface area contributed by atoms with Crippen molar-refractivity contribution in [3.63, 3.8) is 0 Å². The Morgan fingerprint density at radius 1 is 1.55 bits per heavy atom. The summed E-state index contributed by atoms with van der Waals surface area (Å²) in [4.78, 5) is 12.3. The summed E-state index contributed by atoms with van der Waals surface area (Å²) in [6.45, 7) is 3.98. The molecule has 0 rings (SSSR count). The Labute approximate surface area is 67.6 Å². The fourth-order valence-corrected chi connectivity index (χ4v) is 0.563. The maximum absolute atomic E-state index is 10.8. The second-order valence-corrected chi connectivity index (χ2v) is 2.01. The van der Waals surface area contributed by atoms with Crippen LogP contribution in [-0.4, -0.2) is 23.9 Å². The number of carbonyl (C=O) groups is 1. The van der Waals surface area contributed by atoms with E-state index in [9.17, 15) is 4.79 Å². The molecule has 0 N–H and O–H groups in total. The van der Waals surface area contributed by atoms with Crippen LogP contribution in [0.4, 0.5) is 0 Å². The van der Waals surface area contributed by atoms with Crippen LogP contribution in [0.2, 0.25) is 0 Å². The Hall–Kier alpha value is -1.41. The summed E-state index contributed by atoms with van der Waals surface area (Å²) < 4.78 is 0. The van der Waals surface area contributed by atoms with E-state index in [1.807, 2.05) is 0 Å². The quantitative estimate of drug-likeness (QED) is 0.523. The third-order valence-corrected chi connectivity index (χ3v) is 1.17. The van der Waals surface area contributed by atoms with Gasteiger partial charge < -0.3 is 4.90 Å². The fourth-order valence-electron chi connectivity index (χ4n) is 0.563. The minimum Gasteiger partial charge on any atom is -0.321 e. The largest absolute Gasteiger partial charge is 0.321 e. The van der Waals surface area contributed by atoms with Gasteiger partial charge >= 0.3 is 0 Å². The summed E-state index contributed by atoms with van der Waals surface area (Å²) in [7, 11) is 0. The topological polar surface area (TPSA) is 20.3 Å². The van der Waals surface area contributed by atoms with E-state index in [0.29, 0.717) is 13.1 Å². The Kier molecular flexibility index (Phi) is 4.69. The molecule has 0 spiro atoms. The summed E-state index contributed by atoms with van der Waals surface area (Å²) >= 11 is 0. The fraction of sp³-hybridized carbons (Fsp3) is 0.444. The van der Waals surface area contributed by atoms with E-state index in [1.54, 1.807) is 6.92 Å². The highest BCUT2D eigenvalue weighted by Crippen LogP contribution is 1.85. The Morgan fingerprint density at radius 2 is 2.18 bits per heavy atom. The van der Waals surface area contributed by atoms with Crippen molar-refractivity contribution in [3.8, 4) is 24.2 Å². The minimum absolute atomic E-state index is 0.0364. The lowest BCUT2D eigenvalue weighted by Crippen LogP contribution is -2.29. The molecule has 0 heterocycles. The maximum Gasteiger partial charge on any atom is 0.221 e. The maximum atomic E-state index is 10.8. The molecule has 2 nitrogen and oxygen atoms in total. The molecule has 1 amide bonds. The van der Waals surface area contributed by atoms with Crippen LogP contribution in [0.3, 0.4) is 0 Å². The van der Waals surface area contributed by atoms with Crippen molar-refractivity contribution in [2.75, 3.05) is 13.1 Å². The lowest BCUT2D eigenvalue weighted by Gasteiger charge is -2.13. The molecule has 0 bridgehead atoms. The number of hydrogen-bond acceptors (Lipinski definition) is 1. The van der Waals surface area contributed by atoms with Crippen LogP contribution in [-0.2, 0) is 4.79 Å². The van der Waals surface area contributed by atoms with E-state index < -0.39 is 0 Å². The van der Waals surface area contributed by atoms with Crippen LogP contribution in [0.5, 0.6) is 0 Å². The SMILES string of the molecule is C#CCN(CC#CC)C(C)=O. The third-order valence-electron chi connectivity index (χ3n) is 1.17. The van der Waals surface area contributed by atoms with Crippen LogP contribution in [0.15, 0.2) is 0 Å². The van der Waals surface area contributed by atoms with Crippen molar-refractivity contribution in [2.45, 2.75) is 13.8 Å². The summed E-state index contributed by atoms with van der Waals surface area (Å²) in [5.74, 6) is 7.83. The van der Waals surface area contributed by atoms with E-state index in [2.05, 4.69) is 17.8 Å². The smallest absolute Gasteiger partial charge is 0.221 e. The highest BCUT2D eigenvalue weighted by atomic mass is 16.2. The molecular formula is C9H11NO. The van der Waals surface area contributed by atoms with Crippen molar-refractivity contribution >= 4 is 5.91 Å². The number of nitrogens with zero attached hydrogens (tertiary/aromatic N) is 1. The van der Waals surface area contributed by atoms with Gasteiger partial charge in [0.1, 0.15) is 0 Å². The molecule has 0 aromatic carbocycles. The van der Waals surface area contributed by atoms with Crippen LogP contribution < -0.4 is 0 Å². The van der Waals surface area contributed by atoms with Gasteiger partial charge in [0, 0.05) is 6.92 Å². The molecule has 2 heteroatoms. The van der Waals surface area contributed by atoms with Gasteiger partial charge in [-0.25, -0.2) is 0 Å². The van der Waals surface area contributed by atoms with Gasteiger partial charge in [-0.1, -0.05) is 11.8 Å². The van der Waals surface area contributed by atoms with Gasteiger partial charge in [0.15, 0.2) is 0 Å². The molecule has 0 aliphatic rings. The third kappa shape index (κ3) is 4.06. The molecule has 0 aromatic rings. The predicted octanol–water partition coefficient (Wildman–Crippen LogP) is 0.491. The number of hydrogen-bond donors (Lipinski definition) is 0. The van der Waals surface area contributed by atoms with E-state index >= 15 is 0 Å². The van der Waals surface area contributed by atoms with Gasteiger partial charge in [0.2, 0.25) is 5.91 Å². The minimum atomic E-state index is -0.0364. The summed E-state index contributed by atoms with van der Waals surface area (Å²) in [6, 6.07) is 0. The van der Waals surface area contributed by atoms with Crippen molar-refractivity contribution in [1.82, 2.24) is 4.90 Å². The average Bonchev–Trinajstić information content (AvgIpc) is 1.97. The molecule has 0 aliphatic carbocycles. The lowest BCUT2D eigenvalue weighted by molar-refractivity contribution is -0.127. The number of carbonyl (C=O) groups excluding carboxylic acids is 1. The first-order valence-electron chi connectivity index (χ1n) is 3.31. The first-order valence-corrected chi connectivity index (χ1v) is 3.31. The predicted molar refractivity (Wildman–Crippen MR) is 44.5 cm³/mol. The van der Waals surface area contributed by atoms with Crippen molar-refractivity contribution < 1.29 is 4.79 Å². The molecule has 0 saturated heterocycles. The Balaban J connectivity index is 3.98. The second-order valence-electron chi connectivity index (χ2n) is 2.01. The zero-order valence-corrected chi connectivity index (χ0v) is 6.85. The highest BCUT2D eigenvalue weighted by Gasteiger charge is 2.02. The molecule has 0 aromatic heterocycles. The highest BCUT2D eigenvalue weighted by molar-refractivity contribution is 5.73. The van der Waals surface area contributed by atoms with E-state index in [1.165, 1.54) is 11.8 Å². The van der Waals surface area contributed by atoms with E-state index in [0.717, 1.165) is 0 Å². The van der Waals surface area contributed by atoms with E-state index in [4.69, 9.17) is 6.42 Å². The molecule has 58 valence electrons. The monoisotopic (exact) mass is 149 g/mol. The number of terminal acetylenes is 1. The van der Waals surface area contributed by atoms with Gasteiger partial charge in [-0.3, -0.25) is 4.79 Å². The lowest BCUT2D eigenvalue weighted by atomic mass is 10.4. The molecule has 0 atom stereocenters. The molecule has 0 fully saturated rings. The summed E-state index contributed by atoms with van der Waals surface area (Å²) in [5.41, 5.74) is 0. The normalized spacial score (nSPS) is 7.36. The number of rotatable bonds is 2. The standard InChI is InChI=1S/C9H11NO/c1-4-6-8-10(7-5-2)9(3)11/h2H,7-8H2,1,3H3. The van der Waals surface area contributed by atoms with Crippen LogP contribution in [0.1, 0.15) is 13.8 Å². The molecule has 0 unspecified atom stereocenters. The second kappa shape index (κ2) is 5.38. The van der Waals surface area contributed by atoms with Crippen LogP contribution in [0, 0.1) is 24.2 Å². The van der Waals surface area contributed by atoms with Gasteiger partial charge in [0.25, 0.3) is 0 Å². The molecular weight excluding hydrogens is 138 g/mol. The molecule has 0 aliphatic heterocycles. The Morgan fingerprint density at radius 3 is 2.55 bits per heavy atom. The van der Waals surface area contributed by atoms with Crippen molar-refractivity contribution in [2.24, 2.45) is 0 Å². The van der Waals surface area contributed by atoms with Crippen molar-refractivity contribution in [3.05, 3.63) is 0 Å². The molecule has 0 saturated carbocycles. The zero-order chi connectivity index (χ0) is 8.69. The molecule has 0 radical (unpaired) electrons. The average molecular weight is 149 g/mol. The number of amides is 1. The molecule has 11 heavy (non-hydrogen) atoms. The van der Waals surface area contributed by atoms with Gasteiger partial charge in [-0.2, -0.15) is 0 Å². The van der Waals surface area contributed by atoms with Crippen LogP contribution in [0.25, 0.3) is 0 Å². The summed E-state index contributed by atoms with van der Waals surface area (Å²) in [6.07, 6.45) is 5.05. The van der Waals surface area contributed by atoms with Gasteiger partial charge in [-0.05, 0) is 6.92 Å². The summed E-state index contributed by atoms with van der Waals surface area (Å²) in [5, 5.41) is 0. The van der Waals surface area contributed by atoms with Crippen molar-refractivity contribution in [1.29, 1.82) is 0 Å². The van der Waals surface area contributed by atoms with Gasteiger partial charge in [0.05, 0.1) is 13.1 Å². The first kappa shape index (κ1) is 9.59. The Bertz CT molecular complexity index is 226. The van der Waals surface area contributed by atoms with Crippen LogP contribution >= 0.6 is 0 Å². The van der Waals surface area contributed by atoms with Gasteiger partial charge in [-0.15, -0.1) is 12.3 Å². The first-order chi connectivity index (χ1) is 5.22.